The number of imidazole rings is 2. The number of nitrogens with zero attached hydrogens (tertiary/aromatic N) is 5. The highest BCUT2D eigenvalue weighted by Crippen LogP contribution is 2.42. The molecule has 0 spiro atoms. The summed E-state index contributed by atoms with van der Waals surface area (Å²) >= 11 is 0. The van der Waals surface area contributed by atoms with Gasteiger partial charge in [0.2, 0.25) is 5.78 Å². The number of hydrogen-bond acceptors (Lipinski definition) is 1. The molecule has 0 amide bonds. The minimum Gasteiger partial charge on any atom is -0.309 e. The molecule has 5 aromatic heterocycles. The van der Waals surface area contributed by atoms with Gasteiger partial charge in [0.05, 0.1) is 49.8 Å². The van der Waals surface area contributed by atoms with Crippen LogP contribution in [0.3, 0.4) is 0 Å². The highest BCUT2D eigenvalue weighted by Gasteiger charge is 2.24. The van der Waals surface area contributed by atoms with Crippen molar-refractivity contribution in [3.05, 3.63) is 200 Å². The van der Waals surface area contributed by atoms with Crippen LogP contribution in [0.15, 0.2) is 200 Å². The van der Waals surface area contributed by atoms with E-state index >= 15 is 0 Å². The van der Waals surface area contributed by atoms with Crippen molar-refractivity contribution in [2.24, 2.45) is 0 Å². The van der Waals surface area contributed by atoms with Crippen molar-refractivity contribution in [2.45, 2.75) is 0 Å². The zero-order chi connectivity index (χ0) is 39.1. The predicted molar refractivity (Wildman–Crippen MR) is 251 cm³/mol. The summed E-state index contributed by atoms with van der Waals surface area (Å²) in [6, 6.07) is 73.1. The zero-order valence-electron chi connectivity index (χ0n) is 32.3. The van der Waals surface area contributed by atoms with E-state index in [2.05, 4.69) is 218 Å². The van der Waals surface area contributed by atoms with Crippen LogP contribution in [0, 0.1) is 0 Å². The van der Waals surface area contributed by atoms with Crippen LogP contribution < -0.4 is 0 Å². The fourth-order valence-electron chi connectivity index (χ4n) is 10.5. The summed E-state index contributed by atoms with van der Waals surface area (Å²) in [5.74, 6) is 0.873. The quantitative estimate of drug-likeness (QED) is 0.173. The number of benzene rings is 9. The van der Waals surface area contributed by atoms with Crippen molar-refractivity contribution in [1.29, 1.82) is 0 Å². The van der Waals surface area contributed by atoms with Gasteiger partial charge in [0.1, 0.15) is 5.52 Å². The van der Waals surface area contributed by atoms with E-state index in [1.165, 1.54) is 54.1 Å². The van der Waals surface area contributed by atoms with Crippen LogP contribution in [0.25, 0.3) is 121 Å². The lowest BCUT2D eigenvalue weighted by molar-refractivity contribution is 1.18. The van der Waals surface area contributed by atoms with Gasteiger partial charge in [-0.15, -0.1) is 0 Å². The second-order valence-corrected chi connectivity index (χ2v) is 15.9. The normalized spacial score (nSPS) is 12.3. The summed E-state index contributed by atoms with van der Waals surface area (Å²) in [7, 11) is 0. The lowest BCUT2D eigenvalue weighted by Crippen LogP contribution is -1.97. The molecule has 0 fully saturated rings. The molecule has 60 heavy (non-hydrogen) atoms. The SMILES string of the molecule is c1ccc2c(c1)c1ccccc1c1cc(-n3c4ccccc4c4ccccc43)cc3c1n(c1ccccc21)c1nc2c(-n4c5ccccc5c5ccccc54)cccc2n31. The van der Waals surface area contributed by atoms with E-state index in [1.807, 2.05) is 0 Å². The van der Waals surface area contributed by atoms with Crippen LogP contribution in [0.5, 0.6) is 0 Å². The van der Waals surface area contributed by atoms with Gasteiger partial charge < -0.3 is 9.13 Å². The van der Waals surface area contributed by atoms with Crippen LogP contribution >= 0.6 is 0 Å². The van der Waals surface area contributed by atoms with Gasteiger partial charge in [-0.2, -0.15) is 0 Å². The maximum Gasteiger partial charge on any atom is 0.220 e. The number of para-hydroxylation sites is 6. The van der Waals surface area contributed by atoms with Gasteiger partial charge >= 0.3 is 0 Å². The Hall–Kier alpha value is -8.15. The minimum atomic E-state index is 0.873. The first-order chi connectivity index (χ1) is 29.8. The molecular weight excluding hydrogens is 731 g/mol. The number of fused-ring (bicyclic) bond motifs is 18. The smallest absolute Gasteiger partial charge is 0.220 e. The monoisotopic (exact) mass is 763 g/mol. The van der Waals surface area contributed by atoms with E-state index in [1.54, 1.807) is 0 Å². The van der Waals surface area contributed by atoms with Gasteiger partial charge in [-0.05, 0) is 76.1 Å². The fourth-order valence-corrected chi connectivity index (χ4v) is 10.5. The minimum absolute atomic E-state index is 0.873. The molecule has 14 rings (SSSR count). The largest absolute Gasteiger partial charge is 0.309 e. The Morgan fingerprint density at radius 2 is 0.683 bits per heavy atom. The van der Waals surface area contributed by atoms with Crippen LogP contribution in [-0.4, -0.2) is 22.9 Å². The number of aromatic nitrogens is 5. The Morgan fingerprint density at radius 1 is 0.283 bits per heavy atom. The zero-order valence-corrected chi connectivity index (χ0v) is 32.3. The van der Waals surface area contributed by atoms with Gasteiger partial charge in [-0.25, -0.2) is 4.98 Å². The van der Waals surface area contributed by atoms with Gasteiger partial charge in [-0.1, -0.05) is 146 Å². The third-order valence-corrected chi connectivity index (χ3v) is 12.9. The standard InChI is InChI=1S/C55H33N5/c1-3-18-37-35(16-1)36-17-2-4-19-38(36)44-32-34(57-45-25-10-6-21-40(45)41-22-7-11-26-46(41)57)33-52-54(44)60(49-29-14-5-20-39(37)49)55-56-53-50(30-15-31-51(53)59(52)55)58-47-27-12-8-23-42(47)43-24-9-13-28-48(43)58/h1-33H. The summed E-state index contributed by atoms with van der Waals surface area (Å²) < 4.78 is 9.69. The van der Waals surface area contributed by atoms with E-state index in [9.17, 15) is 0 Å². The Balaban J connectivity index is 1.26. The summed E-state index contributed by atoms with van der Waals surface area (Å²) in [5, 5.41) is 12.0. The highest BCUT2D eigenvalue weighted by atomic mass is 15.2. The second-order valence-electron chi connectivity index (χ2n) is 15.9. The molecule has 0 saturated carbocycles. The van der Waals surface area contributed by atoms with Crippen LogP contribution in [-0.2, 0) is 0 Å². The fraction of sp³-hybridized carbons (Fsp3) is 0. The van der Waals surface area contributed by atoms with Gasteiger partial charge in [0.25, 0.3) is 0 Å². The van der Waals surface area contributed by atoms with E-state index in [0.717, 1.165) is 66.5 Å². The summed E-state index contributed by atoms with van der Waals surface area (Å²) in [5.41, 5.74) is 12.2. The molecule has 0 unspecified atom stereocenters. The molecule has 0 saturated heterocycles. The van der Waals surface area contributed by atoms with Gasteiger partial charge in [0.15, 0.2) is 0 Å². The topological polar surface area (TPSA) is 31.6 Å². The molecule has 0 radical (unpaired) electrons. The van der Waals surface area contributed by atoms with Crippen molar-refractivity contribution < 1.29 is 0 Å². The molecule has 0 aliphatic carbocycles. The third kappa shape index (κ3) is 4.08. The first kappa shape index (κ1) is 31.9. The number of hydrogen-bond donors (Lipinski definition) is 0. The Bertz CT molecular complexity index is 4090. The van der Waals surface area contributed by atoms with E-state index < -0.39 is 0 Å². The second kappa shape index (κ2) is 11.7. The van der Waals surface area contributed by atoms with Crippen molar-refractivity contribution in [1.82, 2.24) is 22.9 Å². The maximum absolute atomic E-state index is 5.77. The van der Waals surface area contributed by atoms with Crippen molar-refractivity contribution >= 4 is 109 Å². The van der Waals surface area contributed by atoms with E-state index in [-0.39, 0.29) is 0 Å². The Labute approximate surface area is 342 Å². The Kier molecular flexibility index (Phi) is 6.23. The number of rotatable bonds is 2. The van der Waals surface area contributed by atoms with Crippen molar-refractivity contribution in [3.63, 3.8) is 0 Å². The van der Waals surface area contributed by atoms with E-state index in [0.29, 0.717) is 0 Å². The lowest BCUT2D eigenvalue weighted by atomic mass is 10.0. The average molecular weight is 764 g/mol. The molecule has 5 heterocycles. The van der Waals surface area contributed by atoms with Crippen LogP contribution in [0.4, 0.5) is 0 Å². The molecule has 14 aromatic rings. The molecule has 0 bridgehead atoms. The van der Waals surface area contributed by atoms with Crippen molar-refractivity contribution in [3.8, 4) is 11.4 Å². The predicted octanol–water partition coefficient (Wildman–Crippen LogP) is 14.1. The van der Waals surface area contributed by atoms with Crippen molar-refractivity contribution in [2.75, 3.05) is 0 Å². The maximum atomic E-state index is 5.77. The van der Waals surface area contributed by atoms with Gasteiger partial charge in [-0.3, -0.25) is 8.80 Å². The third-order valence-electron chi connectivity index (χ3n) is 12.9. The summed E-state index contributed by atoms with van der Waals surface area (Å²) in [6.45, 7) is 0. The average Bonchev–Trinajstić information content (AvgIpc) is 4.05. The first-order valence-corrected chi connectivity index (χ1v) is 20.6. The molecule has 278 valence electrons. The lowest BCUT2D eigenvalue weighted by Gasteiger charge is -2.12. The molecule has 9 aromatic carbocycles. The first-order valence-electron chi connectivity index (χ1n) is 20.6. The van der Waals surface area contributed by atoms with E-state index in [4.69, 9.17) is 4.98 Å². The summed E-state index contributed by atoms with van der Waals surface area (Å²) in [6.07, 6.45) is 0. The molecule has 0 aliphatic rings. The molecule has 5 heteroatoms. The Morgan fingerprint density at radius 3 is 1.22 bits per heavy atom. The molecule has 0 atom stereocenters. The van der Waals surface area contributed by atoms with Gasteiger partial charge in [0, 0.05) is 38.0 Å². The summed E-state index contributed by atoms with van der Waals surface area (Å²) in [4.78, 5) is 5.77. The highest BCUT2D eigenvalue weighted by molar-refractivity contribution is 6.22. The molecule has 0 aliphatic heterocycles. The van der Waals surface area contributed by atoms with Crippen LogP contribution in [0.2, 0.25) is 0 Å². The van der Waals surface area contributed by atoms with Crippen LogP contribution in [0.1, 0.15) is 0 Å². The molecule has 0 N–H and O–H groups in total. The molecule has 5 nitrogen and oxygen atoms in total. The molecular formula is C55H33N5.